The predicted molar refractivity (Wildman–Crippen MR) is 75.2 cm³/mol. The Balaban J connectivity index is 2.12. The number of nitrogens with zero attached hydrogens (tertiary/aromatic N) is 2. The van der Waals surface area contributed by atoms with Gasteiger partial charge < -0.3 is 5.32 Å². The molecule has 0 fully saturated rings. The van der Waals surface area contributed by atoms with E-state index in [4.69, 9.17) is 5.26 Å². The minimum Gasteiger partial charge on any atom is -0.365 e. The number of aryl methyl sites for hydroxylation is 1. The van der Waals surface area contributed by atoms with Crippen molar-refractivity contribution in [1.29, 1.82) is 5.26 Å². The van der Waals surface area contributed by atoms with Gasteiger partial charge in [0.2, 0.25) is 0 Å². The molecule has 0 spiro atoms. The molecule has 2 aromatic rings. The molecule has 0 amide bonds. The number of aromatic nitrogens is 1. The Morgan fingerprint density at radius 2 is 2.22 bits per heavy atom. The molecule has 0 atom stereocenters. The van der Waals surface area contributed by atoms with Crippen LogP contribution in [0.15, 0.2) is 41.0 Å². The molecule has 0 aliphatic heterocycles. The number of nitriles is 1. The van der Waals surface area contributed by atoms with Gasteiger partial charge in [0, 0.05) is 12.7 Å². The molecule has 0 saturated carbocycles. The van der Waals surface area contributed by atoms with Crippen LogP contribution in [-0.4, -0.2) is 4.98 Å². The van der Waals surface area contributed by atoms with Gasteiger partial charge in [-0.15, -0.1) is 0 Å². The third-order valence-corrected chi connectivity index (χ3v) is 3.60. The fourth-order valence-electron chi connectivity index (χ4n) is 1.60. The molecule has 2 rings (SSSR count). The Bertz CT molecular complexity index is 602. The zero-order chi connectivity index (χ0) is 13.0. The Morgan fingerprint density at radius 1 is 1.39 bits per heavy atom. The molecular weight excluding hydrogens is 290 g/mol. The van der Waals surface area contributed by atoms with Gasteiger partial charge in [-0.3, -0.25) is 0 Å². The minimum absolute atomic E-state index is 0.643. The Kier molecular flexibility index (Phi) is 3.96. The molecule has 0 aliphatic rings. The number of hydrogen-bond donors (Lipinski definition) is 1. The molecule has 0 unspecified atom stereocenters. The average molecular weight is 302 g/mol. The number of pyridine rings is 1. The van der Waals surface area contributed by atoms with Crippen molar-refractivity contribution < 1.29 is 0 Å². The van der Waals surface area contributed by atoms with Crippen molar-refractivity contribution >= 4 is 21.7 Å². The fraction of sp³-hybridized carbons (Fsp3) is 0.143. The van der Waals surface area contributed by atoms with Crippen LogP contribution in [0.2, 0.25) is 0 Å². The van der Waals surface area contributed by atoms with Crippen molar-refractivity contribution in [3.8, 4) is 6.07 Å². The highest BCUT2D eigenvalue weighted by Gasteiger charge is 2.03. The van der Waals surface area contributed by atoms with Gasteiger partial charge in [0.1, 0.15) is 5.82 Å². The van der Waals surface area contributed by atoms with E-state index in [-0.39, 0.29) is 0 Å². The third kappa shape index (κ3) is 2.88. The van der Waals surface area contributed by atoms with Crippen LogP contribution in [0.4, 0.5) is 5.82 Å². The Labute approximate surface area is 115 Å². The Morgan fingerprint density at radius 3 is 3.00 bits per heavy atom. The number of hydrogen-bond acceptors (Lipinski definition) is 3. The smallest absolute Gasteiger partial charge is 0.140 e. The molecule has 1 aromatic heterocycles. The lowest BCUT2D eigenvalue weighted by Gasteiger charge is -2.09. The van der Waals surface area contributed by atoms with E-state index in [0.29, 0.717) is 12.1 Å². The van der Waals surface area contributed by atoms with E-state index in [1.54, 1.807) is 12.3 Å². The van der Waals surface area contributed by atoms with Crippen molar-refractivity contribution in [3.05, 3.63) is 57.7 Å². The van der Waals surface area contributed by atoms with E-state index < -0.39 is 0 Å². The molecule has 1 N–H and O–H groups in total. The second-order valence-corrected chi connectivity index (χ2v) is 4.75. The summed E-state index contributed by atoms with van der Waals surface area (Å²) in [6.45, 7) is 2.66. The topological polar surface area (TPSA) is 48.7 Å². The van der Waals surface area contributed by atoms with Gasteiger partial charge in [-0.25, -0.2) is 4.98 Å². The first-order valence-corrected chi connectivity index (χ1v) is 6.34. The summed E-state index contributed by atoms with van der Waals surface area (Å²) in [6, 6.07) is 11.6. The first-order valence-electron chi connectivity index (χ1n) is 5.54. The minimum atomic E-state index is 0.643. The zero-order valence-electron chi connectivity index (χ0n) is 9.94. The van der Waals surface area contributed by atoms with Gasteiger partial charge in [0.25, 0.3) is 0 Å². The van der Waals surface area contributed by atoms with Crippen LogP contribution in [0.5, 0.6) is 0 Å². The largest absolute Gasteiger partial charge is 0.365 e. The highest BCUT2D eigenvalue weighted by atomic mass is 79.9. The van der Waals surface area contributed by atoms with Gasteiger partial charge in [-0.05, 0) is 52.2 Å². The molecule has 90 valence electrons. The maximum atomic E-state index is 8.84. The summed E-state index contributed by atoms with van der Waals surface area (Å²) in [4.78, 5) is 4.27. The molecule has 0 radical (unpaired) electrons. The highest BCUT2D eigenvalue weighted by Crippen LogP contribution is 2.23. The second kappa shape index (κ2) is 5.65. The average Bonchev–Trinajstić information content (AvgIpc) is 2.41. The van der Waals surface area contributed by atoms with Crippen LogP contribution in [0.25, 0.3) is 0 Å². The van der Waals surface area contributed by atoms with Crippen LogP contribution in [0, 0.1) is 18.3 Å². The van der Waals surface area contributed by atoms with Crippen molar-refractivity contribution in [3.63, 3.8) is 0 Å². The fourth-order valence-corrected chi connectivity index (χ4v) is 1.97. The van der Waals surface area contributed by atoms with Gasteiger partial charge in [-0.2, -0.15) is 5.26 Å². The maximum absolute atomic E-state index is 8.84. The third-order valence-electron chi connectivity index (χ3n) is 2.60. The van der Waals surface area contributed by atoms with Crippen molar-refractivity contribution in [2.75, 3.05) is 5.32 Å². The van der Waals surface area contributed by atoms with E-state index in [1.165, 1.54) is 0 Å². The quantitative estimate of drug-likeness (QED) is 0.941. The molecule has 1 aromatic carbocycles. The summed E-state index contributed by atoms with van der Waals surface area (Å²) in [5, 5.41) is 12.1. The number of halogens is 1. The SMILES string of the molecule is Cc1ccnc(NCc2cccc(C#N)c2)c1Br. The molecule has 1 heterocycles. The molecule has 4 heteroatoms. The summed E-state index contributed by atoms with van der Waals surface area (Å²) in [7, 11) is 0. The normalized spacial score (nSPS) is 9.83. The first kappa shape index (κ1) is 12.6. The zero-order valence-corrected chi connectivity index (χ0v) is 11.5. The predicted octanol–water partition coefficient (Wildman–Crippen LogP) is 3.64. The van der Waals surface area contributed by atoms with Gasteiger partial charge in [-0.1, -0.05) is 12.1 Å². The summed E-state index contributed by atoms with van der Waals surface area (Å²) >= 11 is 3.50. The molecule has 3 nitrogen and oxygen atoms in total. The summed E-state index contributed by atoms with van der Waals surface area (Å²) in [5.41, 5.74) is 2.87. The van der Waals surface area contributed by atoms with Gasteiger partial charge in [0.15, 0.2) is 0 Å². The van der Waals surface area contributed by atoms with Crippen molar-refractivity contribution in [1.82, 2.24) is 4.98 Å². The highest BCUT2D eigenvalue weighted by molar-refractivity contribution is 9.10. The monoisotopic (exact) mass is 301 g/mol. The number of nitrogens with one attached hydrogen (secondary N) is 1. The lowest BCUT2D eigenvalue weighted by Crippen LogP contribution is -2.02. The summed E-state index contributed by atoms with van der Waals surface area (Å²) in [5.74, 6) is 0.817. The standard InChI is InChI=1S/C14H12BrN3/c1-10-5-6-17-14(13(10)15)18-9-12-4-2-3-11(7-12)8-16/h2-7H,9H2,1H3,(H,17,18). The van der Waals surface area contributed by atoms with Crippen LogP contribution in [0.1, 0.15) is 16.7 Å². The number of benzene rings is 1. The lowest BCUT2D eigenvalue weighted by atomic mass is 10.1. The molecule has 18 heavy (non-hydrogen) atoms. The summed E-state index contributed by atoms with van der Waals surface area (Å²) in [6.07, 6.45) is 1.77. The van der Waals surface area contributed by atoms with E-state index >= 15 is 0 Å². The second-order valence-electron chi connectivity index (χ2n) is 3.96. The van der Waals surface area contributed by atoms with Crippen LogP contribution in [0.3, 0.4) is 0 Å². The molecule has 0 saturated heterocycles. The molecule has 0 bridgehead atoms. The van der Waals surface area contributed by atoms with E-state index in [0.717, 1.165) is 21.4 Å². The van der Waals surface area contributed by atoms with Gasteiger partial charge >= 0.3 is 0 Å². The van der Waals surface area contributed by atoms with Gasteiger partial charge in [0.05, 0.1) is 16.1 Å². The maximum Gasteiger partial charge on any atom is 0.140 e. The first-order chi connectivity index (χ1) is 8.70. The van der Waals surface area contributed by atoms with E-state index in [1.807, 2.05) is 31.2 Å². The molecular formula is C14H12BrN3. The Hall–Kier alpha value is -1.86. The molecule has 0 aliphatic carbocycles. The lowest BCUT2D eigenvalue weighted by molar-refractivity contribution is 1.10. The summed E-state index contributed by atoms with van der Waals surface area (Å²) < 4.78 is 0.974. The number of anilines is 1. The van der Waals surface area contributed by atoms with Crippen LogP contribution in [-0.2, 0) is 6.54 Å². The van der Waals surface area contributed by atoms with Crippen molar-refractivity contribution in [2.45, 2.75) is 13.5 Å². The van der Waals surface area contributed by atoms with E-state index in [9.17, 15) is 0 Å². The van der Waals surface area contributed by atoms with Crippen LogP contribution < -0.4 is 5.32 Å². The number of rotatable bonds is 3. The van der Waals surface area contributed by atoms with Crippen molar-refractivity contribution in [2.24, 2.45) is 0 Å². The van der Waals surface area contributed by atoms with Crippen LogP contribution >= 0.6 is 15.9 Å². The van der Waals surface area contributed by atoms with E-state index in [2.05, 4.69) is 32.3 Å².